The van der Waals surface area contributed by atoms with Crippen LogP contribution in [0.2, 0.25) is 0 Å². The second-order valence-electron chi connectivity index (χ2n) is 2.18. The van der Waals surface area contributed by atoms with Crippen LogP contribution in [0.5, 0.6) is 0 Å². The van der Waals surface area contributed by atoms with E-state index in [4.69, 9.17) is 0 Å². The van der Waals surface area contributed by atoms with E-state index in [0.29, 0.717) is 0 Å². The van der Waals surface area contributed by atoms with Crippen molar-refractivity contribution in [2.75, 3.05) is 11.0 Å². The summed E-state index contributed by atoms with van der Waals surface area (Å²) in [5, 5.41) is 0. The molecule has 0 aromatic heterocycles. The van der Waals surface area contributed by atoms with Crippen molar-refractivity contribution in [2.24, 2.45) is 0 Å². The molecule has 1 N–H and O–H groups in total. The largest absolute Gasteiger partial charge is 0.304 e. The quantitative estimate of drug-likeness (QED) is 0.808. The summed E-state index contributed by atoms with van der Waals surface area (Å²) in [6.45, 7) is 0. The van der Waals surface area contributed by atoms with E-state index in [-0.39, 0.29) is 0 Å². The van der Waals surface area contributed by atoms with Crippen LogP contribution >= 0.6 is 38.5 Å². The maximum Gasteiger partial charge on any atom is 0.113 e. The Balaban J connectivity index is 2.93. The molecule has 0 amide bonds. The van der Waals surface area contributed by atoms with Crippen molar-refractivity contribution in [3.05, 3.63) is 26.2 Å². The summed E-state index contributed by atoms with van der Waals surface area (Å²) in [7, 11) is -1.02. The average Bonchev–Trinajstić information content (AvgIpc) is 1.94. The highest BCUT2D eigenvalue weighted by molar-refractivity contribution is 14.1. The standard InChI is InChI=1S/C7H7BrINOS/c1-12(11)10-7-3-2-5(9)4-6(7)8/h2-4,10H,1H3. The first kappa shape index (κ1) is 10.5. The SMILES string of the molecule is CS(=O)Nc1ccc(I)cc1Br. The van der Waals surface area contributed by atoms with Crippen LogP contribution in [0.15, 0.2) is 22.7 Å². The van der Waals surface area contributed by atoms with Gasteiger partial charge in [0.15, 0.2) is 0 Å². The van der Waals surface area contributed by atoms with Gasteiger partial charge in [-0.3, -0.25) is 0 Å². The van der Waals surface area contributed by atoms with Gasteiger partial charge in [-0.2, -0.15) is 0 Å². The lowest BCUT2D eigenvalue weighted by Gasteiger charge is -2.04. The number of hydrogen-bond acceptors (Lipinski definition) is 1. The maximum absolute atomic E-state index is 10.8. The number of anilines is 1. The minimum atomic E-state index is -1.02. The highest BCUT2D eigenvalue weighted by Gasteiger charge is 2.00. The number of halogens is 2. The van der Waals surface area contributed by atoms with E-state index in [9.17, 15) is 4.21 Å². The van der Waals surface area contributed by atoms with Gasteiger partial charge >= 0.3 is 0 Å². The first-order chi connectivity index (χ1) is 5.59. The van der Waals surface area contributed by atoms with Crippen LogP contribution in [0.1, 0.15) is 0 Å². The molecular formula is C7H7BrINOS. The molecular weight excluding hydrogens is 353 g/mol. The van der Waals surface area contributed by atoms with E-state index in [1.54, 1.807) is 6.26 Å². The lowest BCUT2D eigenvalue weighted by atomic mass is 10.3. The molecule has 0 aliphatic carbocycles. The Hall–Kier alpha value is 0.380. The van der Waals surface area contributed by atoms with Gasteiger partial charge < -0.3 is 4.72 Å². The zero-order chi connectivity index (χ0) is 9.14. The molecule has 1 atom stereocenters. The molecule has 0 fully saturated rings. The van der Waals surface area contributed by atoms with E-state index < -0.39 is 11.0 Å². The molecule has 12 heavy (non-hydrogen) atoms. The van der Waals surface area contributed by atoms with E-state index in [1.807, 2.05) is 18.2 Å². The van der Waals surface area contributed by atoms with Crippen molar-refractivity contribution in [1.29, 1.82) is 0 Å². The van der Waals surface area contributed by atoms with Gasteiger partial charge in [0.25, 0.3) is 0 Å². The fourth-order valence-corrected chi connectivity index (χ4v) is 2.74. The summed E-state index contributed by atoms with van der Waals surface area (Å²) in [6.07, 6.45) is 1.60. The van der Waals surface area contributed by atoms with E-state index >= 15 is 0 Å². The lowest BCUT2D eigenvalue weighted by Crippen LogP contribution is -2.01. The Labute approximate surface area is 96.0 Å². The normalized spacial score (nSPS) is 12.6. The molecule has 2 nitrogen and oxygen atoms in total. The number of benzene rings is 1. The molecule has 0 bridgehead atoms. The Bertz CT molecular complexity index is 318. The molecule has 0 radical (unpaired) electrons. The smallest absolute Gasteiger partial charge is 0.113 e. The summed E-state index contributed by atoms with van der Waals surface area (Å²) in [5.41, 5.74) is 0.858. The number of hydrogen-bond donors (Lipinski definition) is 1. The minimum absolute atomic E-state index is 0.858. The predicted octanol–water partition coefficient (Wildman–Crippen LogP) is 2.76. The third kappa shape index (κ3) is 3.02. The molecule has 1 aromatic carbocycles. The molecule has 1 unspecified atom stereocenters. The van der Waals surface area contributed by atoms with Gasteiger partial charge in [0.05, 0.1) is 5.69 Å². The fraction of sp³-hybridized carbons (Fsp3) is 0.143. The maximum atomic E-state index is 10.8. The van der Waals surface area contributed by atoms with Crippen LogP contribution in [0.3, 0.4) is 0 Å². The Morgan fingerprint density at radius 2 is 2.25 bits per heavy atom. The van der Waals surface area contributed by atoms with Gasteiger partial charge in [0.2, 0.25) is 0 Å². The van der Waals surface area contributed by atoms with Gasteiger partial charge in [-0.05, 0) is 56.7 Å². The number of nitrogens with one attached hydrogen (secondary N) is 1. The number of rotatable bonds is 2. The monoisotopic (exact) mass is 359 g/mol. The molecule has 0 heterocycles. The molecule has 0 spiro atoms. The van der Waals surface area contributed by atoms with Crippen molar-refractivity contribution in [2.45, 2.75) is 0 Å². The molecule has 0 aliphatic heterocycles. The van der Waals surface area contributed by atoms with Crippen molar-refractivity contribution in [3.8, 4) is 0 Å². The van der Waals surface area contributed by atoms with Crippen molar-refractivity contribution < 1.29 is 4.21 Å². The lowest BCUT2D eigenvalue weighted by molar-refractivity contribution is 0.690. The zero-order valence-electron chi connectivity index (χ0n) is 6.30. The first-order valence-corrected chi connectivity index (χ1v) is 6.57. The van der Waals surface area contributed by atoms with Gasteiger partial charge in [0, 0.05) is 14.3 Å². The van der Waals surface area contributed by atoms with Crippen LogP contribution in [0.25, 0.3) is 0 Å². The average molecular weight is 360 g/mol. The summed E-state index contributed by atoms with van der Waals surface area (Å²) >= 11 is 5.60. The van der Waals surface area contributed by atoms with Crippen molar-refractivity contribution in [3.63, 3.8) is 0 Å². The minimum Gasteiger partial charge on any atom is -0.304 e. The Morgan fingerprint density at radius 1 is 1.58 bits per heavy atom. The van der Waals surface area contributed by atoms with Gasteiger partial charge in [-0.15, -0.1) is 0 Å². The second-order valence-corrected chi connectivity index (χ2v) is 5.39. The molecule has 0 aliphatic rings. The third-order valence-electron chi connectivity index (χ3n) is 1.18. The molecule has 0 saturated carbocycles. The van der Waals surface area contributed by atoms with Crippen LogP contribution in [-0.4, -0.2) is 10.5 Å². The summed E-state index contributed by atoms with van der Waals surface area (Å²) < 4.78 is 15.7. The van der Waals surface area contributed by atoms with Crippen LogP contribution in [-0.2, 0) is 11.0 Å². The van der Waals surface area contributed by atoms with Crippen LogP contribution in [0, 0.1) is 3.57 Å². The van der Waals surface area contributed by atoms with Gasteiger partial charge in [-0.25, -0.2) is 4.21 Å². The molecule has 66 valence electrons. The van der Waals surface area contributed by atoms with Crippen molar-refractivity contribution in [1.82, 2.24) is 0 Å². The molecule has 1 rings (SSSR count). The van der Waals surface area contributed by atoms with E-state index in [2.05, 4.69) is 43.2 Å². The van der Waals surface area contributed by atoms with E-state index in [1.165, 1.54) is 0 Å². The van der Waals surface area contributed by atoms with Gasteiger partial charge in [-0.1, -0.05) is 0 Å². The van der Waals surface area contributed by atoms with Crippen LogP contribution < -0.4 is 4.72 Å². The Kier molecular flexibility index (Phi) is 3.98. The predicted molar refractivity (Wildman–Crippen MR) is 64.5 cm³/mol. The van der Waals surface area contributed by atoms with Crippen LogP contribution in [0.4, 0.5) is 5.69 Å². The summed E-state index contributed by atoms with van der Waals surface area (Å²) in [5.74, 6) is 0. The second kappa shape index (κ2) is 4.57. The molecule has 5 heteroatoms. The summed E-state index contributed by atoms with van der Waals surface area (Å²) in [6, 6.07) is 5.82. The van der Waals surface area contributed by atoms with Gasteiger partial charge in [0.1, 0.15) is 11.0 Å². The molecule has 0 saturated heterocycles. The Morgan fingerprint density at radius 3 is 2.75 bits per heavy atom. The third-order valence-corrected chi connectivity index (χ3v) is 3.02. The first-order valence-electron chi connectivity index (χ1n) is 3.15. The molecule has 1 aromatic rings. The summed E-state index contributed by atoms with van der Waals surface area (Å²) in [4.78, 5) is 0. The zero-order valence-corrected chi connectivity index (χ0v) is 10.9. The fourth-order valence-electron chi connectivity index (χ4n) is 0.727. The topological polar surface area (TPSA) is 29.1 Å². The highest BCUT2D eigenvalue weighted by Crippen LogP contribution is 2.24. The van der Waals surface area contributed by atoms with E-state index in [0.717, 1.165) is 13.7 Å². The highest BCUT2D eigenvalue weighted by atomic mass is 127. The van der Waals surface area contributed by atoms with Crippen molar-refractivity contribution >= 4 is 55.2 Å².